The van der Waals surface area contributed by atoms with Crippen LogP contribution < -0.4 is 0 Å². The van der Waals surface area contributed by atoms with Crippen LogP contribution in [0, 0.1) is 0 Å². The van der Waals surface area contributed by atoms with Crippen molar-refractivity contribution in [3.05, 3.63) is 65.2 Å². The van der Waals surface area contributed by atoms with Crippen molar-refractivity contribution in [3.8, 4) is 0 Å². The molecular weight excluding hydrogens is 376 g/mol. The van der Waals surface area contributed by atoms with Gasteiger partial charge in [0.1, 0.15) is 0 Å². The fourth-order valence-corrected chi connectivity index (χ4v) is 5.26. The molecule has 0 unspecified atom stereocenters. The van der Waals surface area contributed by atoms with Crippen molar-refractivity contribution in [2.24, 2.45) is 0 Å². The highest BCUT2D eigenvalue weighted by molar-refractivity contribution is 7.89. The first-order chi connectivity index (χ1) is 13.4. The Bertz CT molecular complexity index is 989. The third-order valence-electron chi connectivity index (χ3n) is 5.34. The molecule has 1 atom stereocenters. The number of rotatable bonds is 3. The zero-order valence-electron chi connectivity index (χ0n) is 15.9. The Morgan fingerprint density at radius 1 is 1.07 bits per heavy atom. The molecule has 0 aliphatic carbocycles. The molecule has 7 heteroatoms. The Morgan fingerprint density at radius 3 is 2.64 bits per heavy atom. The lowest BCUT2D eigenvalue weighted by atomic mass is 10.0. The van der Waals surface area contributed by atoms with Gasteiger partial charge in [0, 0.05) is 31.7 Å². The molecule has 2 aromatic rings. The van der Waals surface area contributed by atoms with Crippen molar-refractivity contribution in [1.29, 1.82) is 0 Å². The summed E-state index contributed by atoms with van der Waals surface area (Å²) in [5, 5.41) is 0. The largest absolute Gasteiger partial charge is 0.375 e. The van der Waals surface area contributed by atoms with Gasteiger partial charge in [0.15, 0.2) is 0 Å². The van der Waals surface area contributed by atoms with Gasteiger partial charge in [0.25, 0.3) is 5.91 Å². The summed E-state index contributed by atoms with van der Waals surface area (Å²) in [5.74, 6) is -0.156. The molecule has 2 aromatic carbocycles. The molecule has 2 aliphatic heterocycles. The number of ether oxygens (including phenoxy) is 1. The van der Waals surface area contributed by atoms with E-state index in [-0.39, 0.29) is 16.9 Å². The summed E-state index contributed by atoms with van der Waals surface area (Å²) >= 11 is 0. The van der Waals surface area contributed by atoms with Gasteiger partial charge >= 0.3 is 0 Å². The van der Waals surface area contributed by atoms with Gasteiger partial charge < -0.3 is 9.64 Å². The molecule has 2 aliphatic rings. The monoisotopic (exact) mass is 400 g/mol. The van der Waals surface area contributed by atoms with Crippen molar-refractivity contribution in [2.45, 2.75) is 30.9 Å². The number of hydrogen-bond donors (Lipinski definition) is 0. The Kier molecular flexibility index (Phi) is 5.23. The molecule has 0 spiro atoms. The van der Waals surface area contributed by atoms with Crippen LogP contribution in [0.2, 0.25) is 0 Å². The standard InChI is InChI=1S/C21H24N2O4S/c1-16-14-22(11-12-27-16)21(24)18-7-4-8-20(13-18)28(25,26)23-10-9-17-5-2-3-6-19(17)15-23/h2-8,13,16H,9-12,14-15H2,1H3/t16-/m0/s1. The van der Waals surface area contributed by atoms with E-state index >= 15 is 0 Å². The SMILES string of the molecule is C[C@H]1CN(C(=O)c2cccc(S(=O)(=O)N3CCc4ccccc4C3)c2)CCO1. The molecular formula is C21H24N2O4S. The van der Waals surface area contributed by atoms with Gasteiger partial charge in [-0.25, -0.2) is 8.42 Å². The fourth-order valence-electron chi connectivity index (χ4n) is 3.80. The van der Waals surface area contributed by atoms with Crippen molar-refractivity contribution in [3.63, 3.8) is 0 Å². The molecule has 1 saturated heterocycles. The lowest BCUT2D eigenvalue weighted by Crippen LogP contribution is -2.44. The smallest absolute Gasteiger partial charge is 0.254 e. The van der Waals surface area contributed by atoms with Crippen molar-refractivity contribution >= 4 is 15.9 Å². The Morgan fingerprint density at radius 2 is 1.86 bits per heavy atom. The third kappa shape index (κ3) is 3.70. The number of benzene rings is 2. The van der Waals surface area contributed by atoms with E-state index in [1.54, 1.807) is 23.1 Å². The van der Waals surface area contributed by atoms with Crippen LogP contribution in [0.4, 0.5) is 0 Å². The first-order valence-corrected chi connectivity index (χ1v) is 11.0. The second-order valence-electron chi connectivity index (χ2n) is 7.32. The zero-order chi connectivity index (χ0) is 19.7. The van der Waals surface area contributed by atoms with Crippen LogP contribution in [-0.2, 0) is 27.7 Å². The van der Waals surface area contributed by atoms with Crippen molar-refractivity contribution in [2.75, 3.05) is 26.2 Å². The fraction of sp³-hybridized carbons (Fsp3) is 0.381. The number of fused-ring (bicyclic) bond motifs is 1. The first kappa shape index (κ1) is 19.1. The molecule has 6 nitrogen and oxygen atoms in total. The topological polar surface area (TPSA) is 66.9 Å². The van der Waals surface area contributed by atoms with Crippen molar-refractivity contribution in [1.82, 2.24) is 9.21 Å². The predicted molar refractivity (Wildman–Crippen MR) is 106 cm³/mol. The van der Waals surface area contributed by atoms with Gasteiger partial charge in [-0.2, -0.15) is 4.31 Å². The highest BCUT2D eigenvalue weighted by Gasteiger charge is 2.29. The number of morpholine rings is 1. The van der Waals surface area contributed by atoms with Crippen LogP contribution >= 0.6 is 0 Å². The average molecular weight is 401 g/mol. The molecule has 28 heavy (non-hydrogen) atoms. The van der Waals surface area contributed by atoms with E-state index in [0.29, 0.717) is 44.8 Å². The molecule has 4 rings (SSSR count). The van der Waals surface area contributed by atoms with Crippen LogP contribution in [0.5, 0.6) is 0 Å². The van der Waals surface area contributed by atoms with Crippen molar-refractivity contribution < 1.29 is 17.9 Å². The van der Waals surface area contributed by atoms with E-state index in [4.69, 9.17) is 4.74 Å². The van der Waals surface area contributed by atoms with Crippen LogP contribution in [0.25, 0.3) is 0 Å². The van der Waals surface area contributed by atoms with E-state index < -0.39 is 10.0 Å². The summed E-state index contributed by atoms with van der Waals surface area (Å²) in [7, 11) is -3.66. The van der Waals surface area contributed by atoms with E-state index in [9.17, 15) is 13.2 Å². The normalized spacial score (nSPS) is 20.6. The summed E-state index contributed by atoms with van der Waals surface area (Å²) in [6.45, 7) is 4.25. The molecule has 148 valence electrons. The maximum absolute atomic E-state index is 13.2. The van der Waals surface area contributed by atoms with Crippen LogP contribution in [0.15, 0.2) is 53.4 Å². The molecule has 1 fully saturated rings. The Labute approximate surface area is 165 Å². The summed E-state index contributed by atoms with van der Waals surface area (Å²) in [6.07, 6.45) is 0.678. The highest BCUT2D eigenvalue weighted by Crippen LogP contribution is 2.25. The highest BCUT2D eigenvalue weighted by atomic mass is 32.2. The van der Waals surface area contributed by atoms with Crippen LogP contribution in [-0.4, -0.2) is 55.9 Å². The number of carbonyl (C=O) groups is 1. The third-order valence-corrected chi connectivity index (χ3v) is 7.18. The average Bonchev–Trinajstić information content (AvgIpc) is 2.73. The van der Waals surface area contributed by atoms with Gasteiger partial charge in [-0.1, -0.05) is 30.3 Å². The van der Waals surface area contributed by atoms with E-state index in [2.05, 4.69) is 0 Å². The Hall–Kier alpha value is -2.22. The molecule has 0 aromatic heterocycles. The van der Waals surface area contributed by atoms with Gasteiger partial charge in [0.05, 0.1) is 17.6 Å². The number of sulfonamides is 1. The number of nitrogens with zero attached hydrogens (tertiary/aromatic N) is 2. The first-order valence-electron chi connectivity index (χ1n) is 9.53. The summed E-state index contributed by atoms with van der Waals surface area (Å²) in [4.78, 5) is 14.7. The zero-order valence-corrected chi connectivity index (χ0v) is 16.7. The summed E-state index contributed by atoms with van der Waals surface area (Å²) in [6, 6.07) is 14.3. The molecule has 0 radical (unpaired) electrons. The van der Waals surface area contributed by atoms with Gasteiger partial charge in [-0.15, -0.1) is 0 Å². The second kappa shape index (κ2) is 7.66. The second-order valence-corrected chi connectivity index (χ2v) is 9.26. The van der Waals surface area contributed by atoms with E-state index in [1.807, 2.05) is 31.2 Å². The molecule has 0 bridgehead atoms. The van der Waals surface area contributed by atoms with Crippen LogP contribution in [0.3, 0.4) is 0 Å². The Balaban J connectivity index is 1.57. The quantitative estimate of drug-likeness (QED) is 0.793. The van der Waals surface area contributed by atoms with E-state index in [0.717, 1.165) is 5.56 Å². The lowest BCUT2D eigenvalue weighted by Gasteiger charge is -2.31. The minimum absolute atomic E-state index is 0.0157. The number of amides is 1. The summed E-state index contributed by atoms with van der Waals surface area (Å²) < 4.78 is 33.3. The van der Waals surface area contributed by atoms with Gasteiger partial charge in [-0.3, -0.25) is 4.79 Å². The number of carbonyl (C=O) groups excluding carboxylic acids is 1. The molecule has 1 amide bonds. The van der Waals surface area contributed by atoms with Gasteiger partial charge in [-0.05, 0) is 42.7 Å². The predicted octanol–water partition coefficient (Wildman–Crippen LogP) is 2.29. The minimum atomic E-state index is -3.66. The molecule has 2 heterocycles. The van der Waals surface area contributed by atoms with Crippen LogP contribution in [0.1, 0.15) is 28.4 Å². The van der Waals surface area contributed by atoms with E-state index in [1.165, 1.54) is 15.9 Å². The van der Waals surface area contributed by atoms with Gasteiger partial charge in [0.2, 0.25) is 10.0 Å². The minimum Gasteiger partial charge on any atom is -0.375 e. The lowest BCUT2D eigenvalue weighted by molar-refractivity contribution is -0.0124. The maximum atomic E-state index is 13.2. The maximum Gasteiger partial charge on any atom is 0.254 e. The summed E-state index contributed by atoms with van der Waals surface area (Å²) in [5.41, 5.74) is 2.62. The molecule has 0 saturated carbocycles. The molecule has 0 N–H and O–H groups in total. The number of hydrogen-bond acceptors (Lipinski definition) is 4.